The number of carbonyl (C=O) groups excluding carboxylic acids is 3. The summed E-state index contributed by atoms with van der Waals surface area (Å²) in [6, 6.07) is 0. The maximum absolute atomic E-state index is 12.0. The van der Waals surface area contributed by atoms with Crippen LogP contribution in [0.25, 0.3) is 0 Å². The van der Waals surface area contributed by atoms with E-state index in [1.165, 1.54) is 7.11 Å². The largest absolute Gasteiger partial charge is 0.377 e. The van der Waals surface area contributed by atoms with E-state index in [0.29, 0.717) is 5.92 Å². The summed E-state index contributed by atoms with van der Waals surface area (Å²) in [6.45, 7) is 1.87. The van der Waals surface area contributed by atoms with Crippen LogP contribution < -0.4 is 0 Å². The smallest absolute Gasteiger partial charge is 0.233 e. The average Bonchev–Trinajstić information content (AvgIpc) is 2.74. The molecule has 2 atom stereocenters. The van der Waals surface area contributed by atoms with Gasteiger partial charge in [-0.25, -0.2) is 0 Å². The highest BCUT2D eigenvalue weighted by Crippen LogP contribution is 2.42. The minimum Gasteiger partial charge on any atom is -0.377 e. The summed E-state index contributed by atoms with van der Waals surface area (Å²) in [6.07, 6.45) is 1.54. The van der Waals surface area contributed by atoms with Crippen molar-refractivity contribution in [3.8, 4) is 0 Å². The first-order valence-electron chi connectivity index (χ1n) is 5.90. The minimum atomic E-state index is -0.234. The maximum Gasteiger partial charge on any atom is 0.233 e. The molecule has 2 unspecified atom stereocenters. The molecule has 0 aromatic rings. The molecular weight excluding hydrogens is 222 g/mol. The van der Waals surface area contributed by atoms with E-state index >= 15 is 0 Å². The number of Topliss-reactive ketones (excluding diaryl/α,β-unsaturated/α-hetero) is 1. The molecule has 94 valence electrons. The molecule has 1 heterocycles. The van der Waals surface area contributed by atoms with Crippen molar-refractivity contribution in [1.82, 2.24) is 4.90 Å². The Hall–Kier alpha value is -1.23. The zero-order valence-electron chi connectivity index (χ0n) is 10.1. The lowest BCUT2D eigenvalue weighted by Crippen LogP contribution is -2.37. The molecule has 1 saturated heterocycles. The quantitative estimate of drug-likeness (QED) is 0.659. The summed E-state index contributed by atoms with van der Waals surface area (Å²) < 4.78 is 4.70. The van der Waals surface area contributed by atoms with Gasteiger partial charge in [0.25, 0.3) is 0 Å². The highest BCUT2D eigenvalue weighted by molar-refractivity contribution is 6.07. The number of imide groups is 1. The lowest BCUT2D eigenvalue weighted by molar-refractivity contribution is -0.144. The highest BCUT2D eigenvalue weighted by atomic mass is 16.5. The van der Waals surface area contributed by atoms with Crippen LogP contribution >= 0.6 is 0 Å². The van der Waals surface area contributed by atoms with E-state index in [9.17, 15) is 14.4 Å². The molecule has 2 amide bonds. The van der Waals surface area contributed by atoms with Crippen molar-refractivity contribution >= 4 is 17.6 Å². The fourth-order valence-electron chi connectivity index (χ4n) is 2.89. The van der Waals surface area contributed by atoms with Crippen molar-refractivity contribution in [2.75, 3.05) is 20.3 Å². The van der Waals surface area contributed by atoms with E-state index in [0.717, 1.165) is 17.7 Å². The summed E-state index contributed by atoms with van der Waals surface area (Å²) in [5, 5.41) is 0. The first-order valence-corrected chi connectivity index (χ1v) is 5.90. The van der Waals surface area contributed by atoms with Crippen molar-refractivity contribution < 1.29 is 19.1 Å². The molecule has 5 nitrogen and oxygen atoms in total. The van der Waals surface area contributed by atoms with Crippen LogP contribution in [0.1, 0.15) is 19.8 Å². The number of rotatable bonds is 4. The Kier molecular flexibility index (Phi) is 3.28. The number of hydrogen-bond acceptors (Lipinski definition) is 4. The maximum atomic E-state index is 12.0. The second kappa shape index (κ2) is 4.56. The third-order valence-corrected chi connectivity index (χ3v) is 3.60. The number of likely N-dealkylation sites (tertiary alicyclic amines) is 1. The topological polar surface area (TPSA) is 63.7 Å². The molecule has 0 bridgehead atoms. The first kappa shape index (κ1) is 12.2. The lowest BCUT2D eigenvalue weighted by Gasteiger charge is -2.15. The number of ketones is 1. The molecule has 17 heavy (non-hydrogen) atoms. The second-order valence-electron chi connectivity index (χ2n) is 5.02. The second-order valence-corrected chi connectivity index (χ2v) is 5.02. The molecule has 2 rings (SSSR count). The zero-order chi connectivity index (χ0) is 12.6. The van der Waals surface area contributed by atoms with Crippen molar-refractivity contribution in [3.63, 3.8) is 0 Å². The normalized spacial score (nSPS) is 32.1. The average molecular weight is 239 g/mol. The van der Waals surface area contributed by atoms with Gasteiger partial charge in [0.1, 0.15) is 6.61 Å². The van der Waals surface area contributed by atoms with Crippen LogP contribution in [0.4, 0.5) is 0 Å². The molecule has 1 aliphatic carbocycles. The molecule has 5 heteroatoms. The van der Waals surface area contributed by atoms with E-state index in [4.69, 9.17) is 4.74 Å². The zero-order valence-corrected chi connectivity index (χ0v) is 10.1. The standard InChI is InChI=1S/C12H17NO4/c1-7-3-9-10(4-7)12(16)13(11(9)15)5-8(14)6-17-2/h7,9-10H,3-6H2,1-2H3. The lowest BCUT2D eigenvalue weighted by atomic mass is 10.00. The van der Waals surface area contributed by atoms with E-state index in [-0.39, 0.29) is 42.6 Å². The van der Waals surface area contributed by atoms with Gasteiger partial charge in [0, 0.05) is 7.11 Å². The van der Waals surface area contributed by atoms with Crippen molar-refractivity contribution in [2.24, 2.45) is 17.8 Å². The van der Waals surface area contributed by atoms with Crippen LogP contribution in [-0.4, -0.2) is 42.8 Å². The number of ether oxygens (including phenoxy) is 1. The fraction of sp³-hybridized carbons (Fsp3) is 0.750. The van der Waals surface area contributed by atoms with Crippen LogP contribution in [0, 0.1) is 17.8 Å². The van der Waals surface area contributed by atoms with Gasteiger partial charge in [-0.3, -0.25) is 19.3 Å². The van der Waals surface area contributed by atoms with E-state index in [2.05, 4.69) is 6.92 Å². The summed E-state index contributed by atoms with van der Waals surface area (Å²) in [5.41, 5.74) is 0. The van der Waals surface area contributed by atoms with Gasteiger partial charge >= 0.3 is 0 Å². The summed E-state index contributed by atoms with van der Waals surface area (Å²) >= 11 is 0. The Morgan fingerprint density at radius 3 is 2.29 bits per heavy atom. The molecule has 2 aliphatic rings. The fourth-order valence-corrected chi connectivity index (χ4v) is 2.89. The van der Waals surface area contributed by atoms with Crippen LogP contribution in [0.3, 0.4) is 0 Å². The van der Waals surface area contributed by atoms with Gasteiger partial charge in [0.2, 0.25) is 11.8 Å². The number of methoxy groups -OCH3 is 1. The van der Waals surface area contributed by atoms with Gasteiger partial charge in [-0.15, -0.1) is 0 Å². The molecule has 2 fully saturated rings. The summed E-state index contributed by atoms with van der Waals surface area (Å²) in [5.74, 6) is -0.528. The van der Waals surface area contributed by atoms with Crippen LogP contribution in [0.5, 0.6) is 0 Å². The van der Waals surface area contributed by atoms with Crippen molar-refractivity contribution in [3.05, 3.63) is 0 Å². The SMILES string of the molecule is COCC(=O)CN1C(=O)C2CC(C)CC2C1=O. The van der Waals surface area contributed by atoms with Gasteiger partial charge in [-0.05, 0) is 18.8 Å². The third kappa shape index (κ3) is 2.11. The van der Waals surface area contributed by atoms with Gasteiger partial charge < -0.3 is 4.74 Å². The van der Waals surface area contributed by atoms with Gasteiger partial charge in [-0.1, -0.05) is 6.92 Å². The Labute approximate surface area is 100 Å². The predicted octanol–water partition coefficient (Wildman–Crippen LogP) is 0.233. The Morgan fingerprint density at radius 1 is 1.29 bits per heavy atom. The van der Waals surface area contributed by atoms with Crippen LogP contribution in [0.15, 0.2) is 0 Å². The van der Waals surface area contributed by atoms with Crippen LogP contribution in [0.2, 0.25) is 0 Å². The molecule has 1 saturated carbocycles. The van der Waals surface area contributed by atoms with Gasteiger partial charge in [0.15, 0.2) is 5.78 Å². The Bertz CT molecular complexity index is 342. The Balaban J connectivity index is 2.04. The van der Waals surface area contributed by atoms with Crippen molar-refractivity contribution in [1.29, 1.82) is 0 Å². The highest BCUT2D eigenvalue weighted by Gasteiger charge is 2.51. The molecule has 1 aliphatic heterocycles. The van der Waals surface area contributed by atoms with Crippen molar-refractivity contribution in [2.45, 2.75) is 19.8 Å². The number of carbonyl (C=O) groups is 3. The number of amides is 2. The van der Waals surface area contributed by atoms with Crippen LogP contribution in [-0.2, 0) is 19.1 Å². The summed E-state index contributed by atoms with van der Waals surface area (Å²) in [7, 11) is 1.42. The van der Waals surface area contributed by atoms with Gasteiger partial charge in [-0.2, -0.15) is 0 Å². The molecule has 0 aromatic carbocycles. The first-order chi connectivity index (χ1) is 8.04. The molecule has 0 radical (unpaired) electrons. The molecule has 0 spiro atoms. The van der Waals surface area contributed by atoms with E-state index in [1.54, 1.807) is 0 Å². The number of nitrogens with zero attached hydrogens (tertiary/aromatic N) is 1. The molecule has 0 aromatic heterocycles. The predicted molar refractivity (Wildman–Crippen MR) is 59.0 cm³/mol. The van der Waals surface area contributed by atoms with Gasteiger partial charge in [0.05, 0.1) is 18.4 Å². The minimum absolute atomic E-state index is 0.0528. The molecule has 0 N–H and O–H groups in total. The molecular formula is C12H17NO4. The number of hydrogen-bond donors (Lipinski definition) is 0. The van der Waals surface area contributed by atoms with E-state index in [1.807, 2.05) is 0 Å². The summed E-state index contributed by atoms with van der Waals surface area (Å²) in [4.78, 5) is 36.5. The monoisotopic (exact) mass is 239 g/mol. The third-order valence-electron chi connectivity index (χ3n) is 3.60. The Morgan fingerprint density at radius 2 is 1.82 bits per heavy atom. The van der Waals surface area contributed by atoms with E-state index < -0.39 is 0 Å². The number of fused-ring (bicyclic) bond motifs is 1.